The van der Waals surface area contributed by atoms with Gasteiger partial charge >= 0.3 is 0 Å². The lowest BCUT2D eigenvalue weighted by atomic mass is 10.2. The number of benzene rings is 1. The first-order valence-corrected chi connectivity index (χ1v) is 6.20. The maximum Gasteiger partial charge on any atom is 0.131 e. The Morgan fingerprint density at radius 2 is 2.17 bits per heavy atom. The number of hydrogen-bond acceptors (Lipinski definition) is 3. The van der Waals surface area contributed by atoms with Gasteiger partial charge in [0, 0.05) is 23.3 Å². The molecule has 0 atom stereocenters. The molecular formula is C13H12BrFN2O. The quantitative estimate of drug-likeness (QED) is 0.944. The van der Waals surface area contributed by atoms with Crippen molar-refractivity contribution in [2.75, 3.05) is 0 Å². The average Bonchev–Trinajstić information content (AvgIpc) is 2.35. The summed E-state index contributed by atoms with van der Waals surface area (Å²) in [5.41, 5.74) is 7.29. The fourth-order valence-electron chi connectivity index (χ4n) is 1.55. The highest BCUT2D eigenvalue weighted by Gasteiger charge is 2.04. The molecule has 0 radical (unpaired) electrons. The van der Waals surface area contributed by atoms with E-state index in [1.807, 2.05) is 12.1 Å². The van der Waals surface area contributed by atoms with Crippen molar-refractivity contribution in [1.82, 2.24) is 4.98 Å². The van der Waals surface area contributed by atoms with Gasteiger partial charge in [-0.25, -0.2) is 4.39 Å². The van der Waals surface area contributed by atoms with Crippen molar-refractivity contribution in [3.8, 4) is 5.75 Å². The van der Waals surface area contributed by atoms with Gasteiger partial charge in [-0.15, -0.1) is 0 Å². The van der Waals surface area contributed by atoms with Gasteiger partial charge in [0.1, 0.15) is 18.2 Å². The molecule has 0 saturated heterocycles. The molecule has 0 aliphatic carbocycles. The van der Waals surface area contributed by atoms with E-state index in [0.717, 1.165) is 11.3 Å². The van der Waals surface area contributed by atoms with Crippen molar-refractivity contribution >= 4 is 15.9 Å². The van der Waals surface area contributed by atoms with Gasteiger partial charge in [0.15, 0.2) is 0 Å². The minimum atomic E-state index is -0.348. The normalized spacial score (nSPS) is 10.4. The number of nitrogens with two attached hydrogens (primary N) is 1. The maximum absolute atomic E-state index is 13.2. The third kappa shape index (κ3) is 3.27. The van der Waals surface area contributed by atoms with Crippen LogP contribution in [-0.2, 0) is 13.2 Å². The van der Waals surface area contributed by atoms with E-state index >= 15 is 0 Å². The van der Waals surface area contributed by atoms with Gasteiger partial charge in [0.05, 0.1) is 5.69 Å². The Morgan fingerprint density at radius 1 is 1.33 bits per heavy atom. The maximum atomic E-state index is 13.2. The van der Waals surface area contributed by atoms with Crippen molar-refractivity contribution in [2.24, 2.45) is 5.73 Å². The molecule has 2 N–H and O–H groups in total. The van der Waals surface area contributed by atoms with Crippen molar-refractivity contribution in [2.45, 2.75) is 13.2 Å². The highest BCUT2D eigenvalue weighted by atomic mass is 79.9. The second-order valence-corrected chi connectivity index (χ2v) is 4.62. The van der Waals surface area contributed by atoms with Crippen LogP contribution in [0.2, 0.25) is 0 Å². The molecule has 5 heteroatoms. The third-order valence-corrected chi connectivity index (χ3v) is 2.87. The summed E-state index contributed by atoms with van der Waals surface area (Å²) < 4.78 is 19.3. The summed E-state index contributed by atoms with van der Waals surface area (Å²) in [6.07, 6.45) is 1.68. The van der Waals surface area contributed by atoms with Crippen LogP contribution in [0.1, 0.15) is 11.3 Å². The molecule has 0 bridgehead atoms. The molecule has 0 saturated carbocycles. The Kier molecular flexibility index (Phi) is 4.28. The van der Waals surface area contributed by atoms with E-state index in [1.165, 1.54) is 12.1 Å². The molecule has 1 aromatic carbocycles. The Morgan fingerprint density at radius 3 is 2.89 bits per heavy atom. The fourth-order valence-corrected chi connectivity index (χ4v) is 1.99. The molecule has 0 unspecified atom stereocenters. The average molecular weight is 311 g/mol. The first kappa shape index (κ1) is 13.0. The van der Waals surface area contributed by atoms with E-state index in [1.54, 1.807) is 12.3 Å². The fraction of sp³-hybridized carbons (Fsp3) is 0.154. The summed E-state index contributed by atoms with van der Waals surface area (Å²) in [4.78, 5) is 4.20. The number of nitrogens with zero attached hydrogens (tertiary/aromatic N) is 1. The van der Waals surface area contributed by atoms with Crippen LogP contribution in [0.25, 0.3) is 0 Å². The number of hydrogen-bond donors (Lipinski definition) is 1. The van der Waals surface area contributed by atoms with Gasteiger partial charge < -0.3 is 10.5 Å². The summed E-state index contributed by atoms with van der Waals surface area (Å²) in [6.45, 7) is 0.669. The zero-order chi connectivity index (χ0) is 13.0. The van der Waals surface area contributed by atoms with E-state index < -0.39 is 0 Å². The van der Waals surface area contributed by atoms with Crippen molar-refractivity contribution in [1.29, 1.82) is 0 Å². The van der Waals surface area contributed by atoms with Crippen LogP contribution in [-0.4, -0.2) is 4.98 Å². The minimum absolute atomic E-state index is 0.267. The van der Waals surface area contributed by atoms with Gasteiger partial charge in [-0.3, -0.25) is 4.98 Å². The van der Waals surface area contributed by atoms with Crippen molar-refractivity contribution in [3.05, 3.63) is 58.1 Å². The van der Waals surface area contributed by atoms with E-state index in [-0.39, 0.29) is 12.4 Å². The number of rotatable bonds is 4. The van der Waals surface area contributed by atoms with Crippen LogP contribution in [0.4, 0.5) is 4.39 Å². The molecular weight excluding hydrogens is 299 g/mol. The summed E-state index contributed by atoms with van der Waals surface area (Å²) in [6, 6.07) is 8.13. The molecule has 0 spiro atoms. The topological polar surface area (TPSA) is 48.1 Å². The van der Waals surface area contributed by atoms with E-state index in [9.17, 15) is 4.39 Å². The van der Waals surface area contributed by atoms with E-state index in [2.05, 4.69) is 20.9 Å². The Labute approximate surface area is 113 Å². The summed E-state index contributed by atoms with van der Waals surface area (Å²) in [5, 5.41) is 0. The number of pyridine rings is 1. The van der Waals surface area contributed by atoms with Crippen molar-refractivity contribution in [3.63, 3.8) is 0 Å². The van der Waals surface area contributed by atoms with Gasteiger partial charge in [0.25, 0.3) is 0 Å². The zero-order valence-electron chi connectivity index (χ0n) is 9.57. The lowest BCUT2D eigenvalue weighted by Gasteiger charge is -2.09. The third-order valence-electron chi connectivity index (χ3n) is 2.42. The molecule has 2 aromatic rings. The highest BCUT2D eigenvalue weighted by molar-refractivity contribution is 9.10. The molecule has 1 heterocycles. The van der Waals surface area contributed by atoms with Crippen LogP contribution < -0.4 is 10.5 Å². The molecule has 0 aliphatic heterocycles. The molecule has 0 aliphatic rings. The Balaban J connectivity index is 2.11. The number of ether oxygens (including phenoxy) is 1. The number of halogens is 2. The van der Waals surface area contributed by atoms with E-state index in [0.29, 0.717) is 16.8 Å². The lowest BCUT2D eigenvalue weighted by molar-refractivity contribution is 0.298. The second-order valence-electron chi connectivity index (χ2n) is 3.71. The Hall–Kier alpha value is -1.46. The largest absolute Gasteiger partial charge is 0.487 e. The van der Waals surface area contributed by atoms with Gasteiger partial charge in [-0.2, -0.15) is 0 Å². The van der Waals surface area contributed by atoms with Crippen LogP contribution >= 0.6 is 15.9 Å². The molecule has 0 fully saturated rings. The summed E-state index contributed by atoms with van der Waals surface area (Å²) in [5.74, 6) is 0.106. The second kappa shape index (κ2) is 5.93. The molecule has 18 heavy (non-hydrogen) atoms. The summed E-state index contributed by atoms with van der Waals surface area (Å²) in [7, 11) is 0. The first-order valence-electron chi connectivity index (χ1n) is 5.41. The standard InChI is InChI=1S/C13H12BrFN2O/c14-10-4-11(15)6-12(5-10)18-8-13-9(7-16)2-1-3-17-13/h1-6H,7-8,16H2. The predicted molar refractivity (Wildman–Crippen MR) is 70.6 cm³/mol. The molecule has 1 aromatic heterocycles. The first-order chi connectivity index (χ1) is 8.69. The zero-order valence-corrected chi connectivity index (χ0v) is 11.2. The van der Waals surface area contributed by atoms with Crippen LogP contribution in [0.3, 0.4) is 0 Å². The predicted octanol–water partition coefficient (Wildman–Crippen LogP) is 3.02. The smallest absolute Gasteiger partial charge is 0.131 e. The van der Waals surface area contributed by atoms with Gasteiger partial charge in [-0.1, -0.05) is 22.0 Å². The van der Waals surface area contributed by atoms with Gasteiger partial charge in [0.2, 0.25) is 0 Å². The minimum Gasteiger partial charge on any atom is -0.487 e. The summed E-state index contributed by atoms with van der Waals surface area (Å²) >= 11 is 3.21. The Bertz CT molecular complexity index is 528. The molecule has 0 amide bonds. The SMILES string of the molecule is NCc1cccnc1COc1cc(F)cc(Br)c1. The molecule has 3 nitrogen and oxygen atoms in total. The van der Waals surface area contributed by atoms with Crippen LogP contribution in [0.5, 0.6) is 5.75 Å². The molecule has 2 rings (SSSR count). The monoisotopic (exact) mass is 310 g/mol. The van der Waals surface area contributed by atoms with E-state index in [4.69, 9.17) is 10.5 Å². The lowest BCUT2D eigenvalue weighted by Crippen LogP contribution is -2.06. The number of aromatic nitrogens is 1. The highest BCUT2D eigenvalue weighted by Crippen LogP contribution is 2.21. The van der Waals surface area contributed by atoms with Crippen LogP contribution in [0, 0.1) is 5.82 Å². The van der Waals surface area contributed by atoms with Gasteiger partial charge in [-0.05, 0) is 23.8 Å². The van der Waals surface area contributed by atoms with Crippen LogP contribution in [0.15, 0.2) is 41.0 Å². The van der Waals surface area contributed by atoms with Crippen molar-refractivity contribution < 1.29 is 9.13 Å². The molecule has 94 valence electrons.